The molecule has 3 aromatic rings. The van der Waals surface area contributed by atoms with Crippen LogP contribution in [0, 0.1) is 0 Å². The molecule has 0 radical (unpaired) electrons. The van der Waals surface area contributed by atoms with Crippen LogP contribution in [0.3, 0.4) is 0 Å². The molecule has 0 aliphatic rings. The van der Waals surface area contributed by atoms with Gasteiger partial charge in [0, 0.05) is 24.2 Å². The minimum atomic E-state index is -0.280. The van der Waals surface area contributed by atoms with Gasteiger partial charge in [0.2, 0.25) is 5.88 Å². The normalized spacial score (nSPS) is 12.2. The Morgan fingerprint density at radius 1 is 1.12 bits per heavy atom. The molecule has 0 amide bonds. The van der Waals surface area contributed by atoms with Gasteiger partial charge < -0.3 is 14.0 Å². The average Bonchev–Trinajstić information content (AvgIpc) is 3.01. The Kier molecular flexibility index (Phi) is 5.41. The number of H-pyrrole nitrogens is 1. The second-order valence-corrected chi connectivity index (χ2v) is 6.41. The number of nitrogens with one attached hydrogen (secondary N) is 1. The lowest BCUT2D eigenvalue weighted by Crippen LogP contribution is -2.16. The van der Waals surface area contributed by atoms with Crippen molar-refractivity contribution in [2.45, 2.75) is 39.4 Å². The van der Waals surface area contributed by atoms with Gasteiger partial charge in [-0.25, -0.2) is 4.98 Å². The van der Waals surface area contributed by atoms with Crippen molar-refractivity contribution in [2.24, 2.45) is 0 Å². The van der Waals surface area contributed by atoms with E-state index >= 15 is 0 Å². The van der Waals surface area contributed by atoms with Crippen molar-refractivity contribution >= 4 is 0 Å². The zero-order valence-corrected chi connectivity index (χ0v) is 15.1. The van der Waals surface area contributed by atoms with E-state index in [1.165, 1.54) is 6.07 Å². The predicted molar refractivity (Wildman–Crippen MR) is 98.6 cm³/mol. The van der Waals surface area contributed by atoms with E-state index in [-0.39, 0.29) is 17.8 Å². The van der Waals surface area contributed by atoms with E-state index in [1.807, 2.05) is 39.0 Å². The summed E-state index contributed by atoms with van der Waals surface area (Å²) in [5, 5.41) is 2.26. The maximum absolute atomic E-state index is 11.1. The fourth-order valence-electron chi connectivity index (χ4n) is 2.62. The highest BCUT2D eigenvalue weighted by Gasteiger charge is 2.09. The first-order chi connectivity index (χ1) is 12.5. The molecule has 0 saturated carbocycles. The van der Waals surface area contributed by atoms with Gasteiger partial charge in [0.15, 0.2) is 5.76 Å². The molecule has 0 unspecified atom stereocenters. The van der Waals surface area contributed by atoms with Gasteiger partial charge >= 0.3 is 0 Å². The second kappa shape index (κ2) is 7.91. The monoisotopic (exact) mass is 354 g/mol. The van der Waals surface area contributed by atoms with Crippen molar-refractivity contribution < 1.29 is 14.0 Å². The molecule has 6 nitrogen and oxygen atoms in total. The average molecular weight is 354 g/mol. The number of hydrogen-bond donors (Lipinski definition) is 1. The van der Waals surface area contributed by atoms with Crippen LogP contribution in [0.1, 0.15) is 26.3 Å². The van der Waals surface area contributed by atoms with Gasteiger partial charge in [-0.05, 0) is 44.5 Å². The molecule has 0 spiro atoms. The lowest BCUT2D eigenvalue weighted by Gasteiger charge is -2.15. The lowest BCUT2D eigenvalue weighted by atomic mass is 10.1. The van der Waals surface area contributed by atoms with E-state index in [4.69, 9.17) is 14.0 Å². The Morgan fingerprint density at radius 2 is 1.96 bits per heavy atom. The minimum Gasteiger partial charge on any atom is -0.491 e. The summed E-state index contributed by atoms with van der Waals surface area (Å²) >= 11 is 0. The summed E-state index contributed by atoms with van der Waals surface area (Å²) < 4.78 is 16.7. The molecule has 0 bridgehead atoms. The van der Waals surface area contributed by atoms with Crippen molar-refractivity contribution in [3.05, 3.63) is 64.6 Å². The largest absolute Gasteiger partial charge is 0.491 e. The Bertz CT molecular complexity index is 896. The summed E-state index contributed by atoms with van der Waals surface area (Å²) in [7, 11) is 0. The minimum absolute atomic E-state index is 0.0483. The quantitative estimate of drug-likeness (QED) is 0.698. The number of aromatic amines is 1. The van der Waals surface area contributed by atoms with E-state index < -0.39 is 0 Å². The van der Waals surface area contributed by atoms with Crippen LogP contribution in [0.2, 0.25) is 0 Å². The van der Waals surface area contributed by atoms with Crippen LogP contribution in [-0.4, -0.2) is 22.3 Å². The predicted octanol–water partition coefficient (Wildman–Crippen LogP) is 3.83. The fraction of sp³-hybridized carbons (Fsp3) is 0.300. The van der Waals surface area contributed by atoms with Gasteiger partial charge in [-0.2, -0.15) is 5.16 Å². The molecule has 0 aliphatic heterocycles. The third kappa shape index (κ3) is 4.75. The molecule has 0 aliphatic carbocycles. The molecule has 1 aromatic carbocycles. The molecule has 2 aromatic heterocycles. The third-order valence-electron chi connectivity index (χ3n) is 3.66. The number of hydrogen-bond acceptors (Lipinski definition) is 5. The maximum atomic E-state index is 11.1. The first kappa shape index (κ1) is 17.8. The molecule has 2 heterocycles. The van der Waals surface area contributed by atoms with E-state index in [0.29, 0.717) is 17.2 Å². The van der Waals surface area contributed by atoms with Crippen LogP contribution in [0.15, 0.2) is 58.0 Å². The summed E-state index contributed by atoms with van der Waals surface area (Å²) in [6, 6.07) is 13.0. The first-order valence-corrected chi connectivity index (χ1v) is 8.57. The zero-order valence-electron chi connectivity index (χ0n) is 15.1. The molecule has 1 N–H and O–H groups in total. The van der Waals surface area contributed by atoms with Crippen molar-refractivity contribution in [2.75, 3.05) is 0 Å². The van der Waals surface area contributed by atoms with Crippen molar-refractivity contribution in [1.82, 2.24) is 10.1 Å². The number of nitrogens with zero attached hydrogens (tertiary/aromatic N) is 1. The maximum Gasteiger partial charge on any atom is 0.280 e. The fourth-order valence-corrected chi connectivity index (χ4v) is 2.62. The summed E-state index contributed by atoms with van der Waals surface area (Å²) in [4.78, 5) is 15.4. The van der Waals surface area contributed by atoms with Crippen LogP contribution < -0.4 is 15.0 Å². The number of rotatable bonds is 7. The molecular weight excluding hydrogens is 332 g/mol. The van der Waals surface area contributed by atoms with Gasteiger partial charge in [-0.1, -0.05) is 12.1 Å². The van der Waals surface area contributed by atoms with Crippen molar-refractivity contribution in [3.8, 4) is 23.0 Å². The van der Waals surface area contributed by atoms with Gasteiger partial charge in [-0.15, -0.1) is 0 Å². The van der Waals surface area contributed by atoms with Crippen molar-refractivity contribution in [3.63, 3.8) is 0 Å². The molecule has 0 fully saturated rings. The van der Waals surface area contributed by atoms with E-state index in [2.05, 4.69) is 16.2 Å². The molecule has 3 rings (SSSR count). The van der Waals surface area contributed by atoms with Crippen LogP contribution >= 0.6 is 0 Å². The smallest absolute Gasteiger partial charge is 0.280 e. The van der Waals surface area contributed by atoms with E-state index in [0.717, 1.165) is 17.7 Å². The van der Waals surface area contributed by atoms with Gasteiger partial charge in [0.25, 0.3) is 5.56 Å². The SMILES string of the molecule is CC(C)Oc1cccc(C[C@H](C)Oc2ccc(-c3cc(=O)[nH]o3)cn2)c1. The summed E-state index contributed by atoms with van der Waals surface area (Å²) in [5.41, 5.74) is 1.57. The molecule has 6 heteroatoms. The molecule has 0 saturated heterocycles. The van der Waals surface area contributed by atoms with E-state index in [1.54, 1.807) is 18.3 Å². The standard InChI is InChI=1S/C20H22N2O4/c1-13(2)24-17-6-4-5-15(10-17)9-14(3)25-20-8-7-16(12-21-20)18-11-19(23)22-26-18/h4-8,10-14H,9H2,1-3H3,(H,22,23)/t14-/m0/s1. The highest BCUT2D eigenvalue weighted by atomic mass is 16.5. The summed E-state index contributed by atoms with van der Waals surface area (Å²) in [6.07, 6.45) is 2.45. The summed E-state index contributed by atoms with van der Waals surface area (Å²) in [5.74, 6) is 1.83. The second-order valence-electron chi connectivity index (χ2n) is 6.41. The van der Waals surface area contributed by atoms with Gasteiger partial charge in [0.1, 0.15) is 11.9 Å². The van der Waals surface area contributed by atoms with Gasteiger partial charge in [0.05, 0.1) is 12.2 Å². The Balaban J connectivity index is 1.61. The highest BCUT2D eigenvalue weighted by Crippen LogP contribution is 2.20. The number of aromatic nitrogens is 2. The van der Waals surface area contributed by atoms with Crippen LogP contribution in [0.4, 0.5) is 0 Å². The molecule has 26 heavy (non-hydrogen) atoms. The topological polar surface area (TPSA) is 77.4 Å². The highest BCUT2D eigenvalue weighted by molar-refractivity contribution is 5.55. The van der Waals surface area contributed by atoms with Crippen LogP contribution in [0.25, 0.3) is 11.3 Å². The lowest BCUT2D eigenvalue weighted by molar-refractivity contribution is 0.212. The van der Waals surface area contributed by atoms with Gasteiger partial charge in [-0.3, -0.25) is 4.79 Å². The molecule has 1 atom stereocenters. The Morgan fingerprint density at radius 3 is 2.62 bits per heavy atom. The first-order valence-electron chi connectivity index (χ1n) is 8.57. The summed E-state index contributed by atoms with van der Waals surface area (Å²) in [6.45, 7) is 6.01. The molecular formula is C20H22N2O4. The van der Waals surface area contributed by atoms with E-state index in [9.17, 15) is 4.79 Å². The van der Waals surface area contributed by atoms with Crippen molar-refractivity contribution in [1.29, 1.82) is 0 Å². The van der Waals surface area contributed by atoms with Crippen LogP contribution in [-0.2, 0) is 6.42 Å². The Labute approximate surface area is 151 Å². The van der Waals surface area contributed by atoms with Crippen LogP contribution in [0.5, 0.6) is 11.6 Å². The number of ether oxygens (including phenoxy) is 2. The Hall–Kier alpha value is -3.02. The number of benzene rings is 1. The number of pyridine rings is 1. The third-order valence-corrected chi connectivity index (χ3v) is 3.66. The zero-order chi connectivity index (χ0) is 18.5. The molecule has 136 valence electrons.